The number of alkyl halides is 3. The maximum absolute atomic E-state index is 13.8. The van der Waals surface area contributed by atoms with Crippen LogP contribution in [-0.2, 0) is 0 Å². The summed E-state index contributed by atoms with van der Waals surface area (Å²) in [6.45, 7) is 3.77. The molecule has 1 aromatic heterocycles. The van der Waals surface area contributed by atoms with Gasteiger partial charge in [-0.3, -0.25) is 4.79 Å². The lowest BCUT2D eigenvalue weighted by atomic mass is 9.97. The molecule has 0 unspecified atom stereocenters. The summed E-state index contributed by atoms with van der Waals surface area (Å²) in [7, 11) is 0. The Morgan fingerprint density at radius 3 is 2.58 bits per heavy atom. The molecule has 2 heterocycles. The smallest absolute Gasteiger partial charge is 0.363 e. The van der Waals surface area contributed by atoms with Crippen molar-refractivity contribution in [2.45, 2.75) is 38.5 Å². The molecule has 0 aliphatic carbocycles. The number of benzene rings is 2. The van der Waals surface area contributed by atoms with Gasteiger partial charge in [0.2, 0.25) is 0 Å². The topological polar surface area (TPSA) is 59.0 Å². The third kappa shape index (κ3) is 4.25. The lowest BCUT2D eigenvalue weighted by Crippen LogP contribution is -2.35. The monoisotopic (exact) mass is 448 g/mol. The van der Waals surface area contributed by atoms with Crippen LogP contribution in [0, 0.1) is 13.8 Å². The number of nitrogens with one attached hydrogen (secondary N) is 2. The molecule has 1 amide bonds. The number of hydrogen-bond donors (Lipinski definition) is 2. The van der Waals surface area contributed by atoms with Gasteiger partial charge in [-0.25, -0.2) is 4.68 Å². The van der Waals surface area contributed by atoms with E-state index < -0.39 is 24.2 Å². The Morgan fingerprint density at radius 2 is 1.90 bits per heavy atom. The molecule has 0 spiro atoms. The fraction of sp³-hybridized carbons (Fsp3) is 0.273. The molecule has 2 atom stereocenters. The van der Waals surface area contributed by atoms with Crippen LogP contribution in [0.4, 0.5) is 24.7 Å². The molecule has 2 N–H and O–H groups in total. The number of carbonyl (C=O) groups is 1. The summed E-state index contributed by atoms with van der Waals surface area (Å²) < 4.78 is 42.3. The number of anilines is 2. The molecule has 3 aromatic rings. The van der Waals surface area contributed by atoms with E-state index in [1.165, 1.54) is 6.07 Å². The maximum atomic E-state index is 13.8. The molecule has 2 aromatic carbocycles. The first-order chi connectivity index (χ1) is 14.6. The Bertz CT molecular complexity index is 1120. The van der Waals surface area contributed by atoms with Crippen molar-refractivity contribution in [3.8, 4) is 0 Å². The van der Waals surface area contributed by atoms with Crippen molar-refractivity contribution in [3.63, 3.8) is 0 Å². The maximum Gasteiger partial charge on any atom is 0.410 e. The molecule has 0 saturated heterocycles. The minimum absolute atomic E-state index is 0.0885. The van der Waals surface area contributed by atoms with Gasteiger partial charge < -0.3 is 10.6 Å². The lowest BCUT2D eigenvalue weighted by Gasteiger charge is -2.33. The predicted molar refractivity (Wildman–Crippen MR) is 114 cm³/mol. The van der Waals surface area contributed by atoms with Gasteiger partial charge in [0.1, 0.15) is 5.82 Å². The van der Waals surface area contributed by atoms with Gasteiger partial charge in [-0.1, -0.05) is 35.9 Å². The van der Waals surface area contributed by atoms with Gasteiger partial charge >= 0.3 is 6.18 Å². The Hall–Kier alpha value is -3.00. The van der Waals surface area contributed by atoms with E-state index >= 15 is 0 Å². The Kier molecular flexibility index (Phi) is 5.43. The van der Waals surface area contributed by atoms with Crippen LogP contribution in [0.2, 0.25) is 5.02 Å². The van der Waals surface area contributed by atoms with Crippen molar-refractivity contribution in [3.05, 3.63) is 75.9 Å². The number of aryl methyl sites for hydroxylation is 1. The fourth-order valence-corrected chi connectivity index (χ4v) is 3.80. The third-order valence-electron chi connectivity index (χ3n) is 5.55. The highest BCUT2D eigenvalue weighted by Crippen LogP contribution is 2.43. The van der Waals surface area contributed by atoms with E-state index in [1.54, 1.807) is 36.4 Å². The highest BCUT2D eigenvalue weighted by Gasteiger charge is 2.46. The predicted octanol–water partition coefficient (Wildman–Crippen LogP) is 6.07. The van der Waals surface area contributed by atoms with Crippen molar-refractivity contribution < 1.29 is 18.0 Å². The van der Waals surface area contributed by atoms with Gasteiger partial charge in [-0.2, -0.15) is 18.3 Å². The number of aromatic nitrogens is 2. The van der Waals surface area contributed by atoms with Crippen LogP contribution in [0.5, 0.6) is 0 Å². The van der Waals surface area contributed by atoms with Gasteiger partial charge in [-0.05, 0) is 48.7 Å². The molecule has 31 heavy (non-hydrogen) atoms. The fourth-order valence-electron chi connectivity index (χ4n) is 3.67. The van der Waals surface area contributed by atoms with Crippen LogP contribution in [0.1, 0.15) is 45.7 Å². The average molecular weight is 449 g/mol. The van der Waals surface area contributed by atoms with Crippen molar-refractivity contribution >= 4 is 29.0 Å². The molecular formula is C22H20ClF3N4O. The van der Waals surface area contributed by atoms with Crippen LogP contribution >= 0.6 is 11.6 Å². The second kappa shape index (κ2) is 7.92. The van der Waals surface area contributed by atoms with Crippen molar-refractivity contribution in [2.24, 2.45) is 0 Å². The van der Waals surface area contributed by atoms with Gasteiger partial charge in [-0.15, -0.1) is 0 Å². The largest absolute Gasteiger partial charge is 0.410 e. The SMILES string of the molecule is Cc1cccc(NC(=O)c2cc3n(n2)[C@H](C(F)(F)F)C[C@H](c2ccc(Cl)cc2)N3)c1C. The summed E-state index contributed by atoms with van der Waals surface area (Å²) in [5.41, 5.74) is 3.05. The molecule has 0 saturated carbocycles. The van der Waals surface area contributed by atoms with Crippen molar-refractivity contribution in [2.75, 3.05) is 10.6 Å². The molecule has 1 aliphatic heterocycles. The summed E-state index contributed by atoms with van der Waals surface area (Å²) >= 11 is 5.90. The first kappa shape index (κ1) is 21.2. The molecule has 9 heteroatoms. The molecule has 0 radical (unpaired) electrons. The van der Waals surface area contributed by atoms with Crippen LogP contribution < -0.4 is 10.6 Å². The number of halogens is 4. The summed E-state index contributed by atoms with van der Waals surface area (Å²) in [6, 6.07) is 11.0. The summed E-state index contributed by atoms with van der Waals surface area (Å²) in [5.74, 6) is -0.430. The molecule has 0 bridgehead atoms. The molecule has 4 rings (SSSR count). The summed E-state index contributed by atoms with van der Waals surface area (Å²) in [5, 5.41) is 10.3. The lowest BCUT2D eigenvalue weighted by molar-refractivity contribution is -0.173. The first-order valence-corrected chi connectivity index (χ1v) is 10.1. The average Bonchev–Trinajstić information content (AvgIpc) is 3.14. The Labute approximate surface area is 182 Å². The minimum Gasteiger partial charge on any atom is -0.363 e. The van der Waals surface area contributed by atoms with E-state index in [-0.39, 0.29) is 17.9 Å². The van der Waals surface area contributed by atoms with Crippen LogP contribution in [0.15, 0.2) is 48.5 Å². The molecule has 162 valence electrons. The minimum atomic E-state index is -4.52. The quantitative estimate of drug-likeness (QED) is 0.511. The van der Waals surface area contributed by atoms with E-state index in [2.05, 4.69) is 15.7 Å². The number of amides is 1. The van der Waals surface area contributed by atoms with Crippen molar-refractivity contribution in [1.29, 1.82) is 0 Å². The van der Waals surface area contributed by atoms with E-state index in [1.807, 2.05) is 19.9 Å². The molecule has 5 nitrogen and oxygen atoms in total. The third-order valence-corrected chi connectivity index (χ3v) is 5.80. The zero-order valence-corrected chi connectivity index (χ0v) is 17.6. The van der Waals surface area contributed by atoms with Crippen LogP contribution in [-0.4, -0.2) is 21.9 Å². The zero-order valence-electron chi connectivity index (χ0n) is 16.8. The zero-order chi connectivity index (χ0) is 22.3. The normalized spacial score (nSPS) is 18.3. The second-order valence-electron chi connectivity index (χ2n) is 7.60. The van der Waals surface area contributed by atoms with E-state index in [0.717, 1.165) is 15.8 Å². The van der Waals surface area contributed by atoms with Crippen LogP contribution in [0.3, 0.4) is 0 Å². The number of fused-ring (bicyclic) bond motifs is 1. The van der Waals surface area contributed by atoms with Gasteiger partial charge in [0, 0.05) is 23.2 Å². The summed E-state index contributed by atoms with van der Waals surface area (Å²) in [6.07, 6.45) is -4.77. The Morgan fingerprint density at radius 1 is 1.19 bits per heavy atom. The number of nitrogens with zero attached hydrogens (tertiary/aromatic N) is 2. The highest BCUT2D eigenvalue weighted by molar-refractivity contribution is 6.30. The van der Waals surface area contributed by atoms with E-state index in [0.29, 0.717) is 16.3 Å². The van der Waals surface area contributed by atoms with Crippen molar-refractivity contribution in [1.82, 2.24) is 9.78 Å². The molecule has 0 fully saturated rings. The summed E-state index contributed by atoms with van der Waals surface area (Å²) in [4.78, 5) is 12.7. The molecular weight excluding hydrogens is 429 g/mol. The van der Waals surface area contributed by atoms with Gasteiger partial charge in [0.15, 0.2) is 11.7 Å². The highest BCUT2D eigenvalue weighted by atomic mass is 35.5. The van der Waals surface area contributed by atoms with E-state index in [9.17, 15) is 18.0 Å². The Balaban J connectivity index is 1.65. The van der Waals surface area contributed by atoms with E-state index in [4.69, 9.17) is 11.6 Å². The first-order valence-electron chi connectivity index (χ1n) is 9.69. The van der Waals surface area contributed by atoms with Gasteiger partial charge in [0.05, 0.1) is 6.04 Å². The van der Waals surface area contributed by atoms with Crippen LogP contribution in [0.25, 0.3) is 0 Å². The number of hydrogen-bond acceptors (Lipinski definition) is 3. The number of carbonyl (C=O) groups excluding carboxylic acids is 1. The molecule has 1 aliphatic rings. The standard InChI is InChI=1S/C22H20ClF3N4O/c1-12-4-3-5-16(13(12)2)28-21(31)18-11-20-27-17(14-6-8-15(23)9-7-14)10-19(22(24,25)26)30(20)29-18/h3-9,11,17,19,27H,10H2,1-2H3,(H,28,31)/t17-,19+/m1/s1. The number of rotatable bonds is 3. The second-order valence-corrected chi connectivity index (χ2v) is 8.04. The van der Waals surface area contributed by atoms with Gasteiger partial charge in [0.25, 0.3) is 5.91 Å².